The molecule has 0 bridgehead atoms. The first-order valence-corrected chi connectivity index (χ1v) is 4.10. The highest BCUT2D eigenvalue weighted by atomic mass is 32.2. The summed E-state index contributed by atoms with van der Waals surface area (Å²) in [6.07, 6.45) is 2.41. The van der Waals surface area contributed by atoms with Crippen LogP contribution in [0, 0.1) is 0 Å². The van der Waals surface area contributed by atoms with Gasteiger partial charge in [-0.2, -0.15) is 0 Å². The minimum atomic E-state index is 1.17. The standard InChI is InChI=1S/C7H14S/c1-4-6-7(3)8-5-2/h3-6H2,1-2H3. The molecular weight excluding hydrogens is 116 g/mol. The van der Waals surface area contributed by atoms with E-state index >= 15 is 0 Å². The van der Waals surface area contributed by atoms with Crippen molar-refractivity contribution in [3.05, 3.63) is 11.5 Å². The fraction of sp³-hybridized carbons (Fsp3) is 0.714. The molecule has 0 aromatic carbocycles. The Kier molecular flexibility index (Phi) is 5.29. The van der Waals surface area contributed by atoms with Crippen LogP contribution in [0.5, 0.6) is 0 Å². The molecule has 0 heterocycles. The Labute approximate surface area is 56.4 Å². The van der Waals surface area contributed by atoms with Crippen LogP contribution in [0.2, 0.25) is 0 Å². The minimum absolute atomic E-state index is 1.17. The van der Waals surface area contributed by atoms with E-state index in [1.165, 1.54) is 23.5 Å². The molecule has 0 aliphatic heterocycles. The molecule has 0 aromatic rings. The summed E-state index contributed by atoms with van der Waals surface area (Å²) in [5, 5.41) is 0. The lowest BCUT2D eigenvalue weighted by Crippen LogP contribution is -1.73. The fourth-order valence-electron chi connectivity index (χ4n) is 0.555. The summed E-state index contributed by atoms with van der Waals surface area (Å²) in [4.78, 5) is 1.33. The first kappa shape index (κ1) is 8.09. The summed E-state index contributed by atoms with van der Waals surface area (Å²) in [5.74, 6) is 1.17. The first-order valence-electron chi connectivity index (χ1n) is 3.11. The van der Waals surface area contributed by atoms with Crippen molar-refractivity contribution >= 4 is 11.8 Å². The number of thioether (sulfide) groups is 1. The minimum Gasteiger partial charge on any atom is -0.132 e. The lowest BCUT2D eigenvalue weighted by Gasteiger charge is -1.97. The molecule has 0 radical (unpaired) electrons. The summed E-state index contributed by atoms with van der Waals surface area (Å²) < 4.78 is 0. The molecule has 0 saturated carbocycles. The zero-order chi connectivity index (χ0) is 6.41. The molecule has 1 heteroatoms. The normalized spacial score (nSPS) is 9.25. The molecule has 8 heavy (non-hydrogen) atoms. The molecule has 0 nitrogen and oxygen atoms in total. The Morgan fingerprint density at radius 2 is 2.12 bits per heavy atom. The van der Waals surface area contributed by atoms with Gasteiger partial charge in [0.1, 0.15) is 0 Å². The molecule has 0 aliphatic carbocycles. The van der Waals surface area contributed by atoms with E-state index in [1.807, 2.05) is 11.8 Å². The zero-order valence-corrected chi connectivity index (χ0v) is 6.55. The van der Waals surface area contributed by atoms with Crippen molar-refractivity contribution < 1.29 is 0 Å². The van der Waals surface area contributed by atoms with Gasteiger partial charge in [0.25, 0.3) is 0 Å². The van der Waals surface area contributed by atoms with Gasteiger partial charge in [0.2, 0.25) is 0 Å². The van der Waals surface area contributed by atoms with Crippen LogP contribution in [0.3, 0.4) is 0 Å². The molecule has 0 amide bonds. The Hall–Kier alpha value is 0.0900. The van der Waals surface area contributed by atoms with Crippen molar-refractivity contribution in [3.63, 3.8) is 0 Å². The van der Waals surface area contributed by atoms with Gasteiger partial charge < -0.3 is 0 Å². The maximum Gasteiger partial charge on any atom is -0.00519 e. The van der Waals surface area contributed by atoms with Gasteiger partial charge in [-0.15, -0.1) is 11.8 Å². The van der Waals surface area contributed by atoms with E-state index in [4.69, 9.17) is 0 Å². The van der Waals surface area contributed by atoms with E-state index in [0.717, 1.165) is 0 Å². The van der Waals surface area contributed by atoms with E-state index < -0.39 is 0 Å². The highest BCUT2D eigenvalue weighted by Crippen LogP contribution is 2.16. The first-order chi connectivity index (χ1) is 3.81. The van der Waals surface area contributed by atoms with Crippen molar-refractivity contribution in [2.75, 3.05) is 5.75 Å². The van der Waals surface area contributed by atoms with Gasteiger partial charge >= 0.3 is 0 Å². The van der Waals surface area contributed by atoms with Gasteiger partial charge in [-0.3, -0.25) is 0 Å². The second-order valence-electron chi connectivity index (χ2n) is 1.72. The lowest BCUT2D eigenvalue weighted by molar-refractivity contribution is 0.950. The molecule has 0 aromatic heterocycles. The SMILES string of the molecule is C=C(CCC)SCC. The van der Waals surface area contributed by atoms with Crippen LogP contribution in [-0.2, 0) is 0 Å². The van der Waals surface area contributed by atoms with Crippen molar-refractivity contribution in [1.82, 2.24) is 0 Å². The van der Waals surface area contributed by atoms with Crippen LogP contribution in [0.4, 0.5) is 0 Å². The largest absolute Gasteiger partial charge is 0.132 e. The topological polar surface area (TPSA) is 0 Å². The number of allylic oxidation sites excluding steroid dienone is 1. The van der Waals surface area contributed by atoms with Gasteiger partial charge in [-0.25, -0.2) is 0 Å². The predicted octanol–water partition coefficient (Wildman–Crippen LogP) is 3.05. The Morgan fingerprint density at radius 3 is 2.50 bits per heavy atom. The Bertz CT molecular complexity index is 58.8. The third-order valence-electron chi connectivity index (χ3n) is 0.877. The van der Waals surface area contributed by atoms with Crippen molar-refractivity contribution in [2.45, 2.75) is 26.7 Å². The van der Waals surface area contributed by atoms with E-state index in [9.17, 15) is 0 Å². The third-order valence-corrected chi connectivity index (χ3v) is 1.78. The summed E-state index contributed by atoms with van der Waals surface area (Å²) in [5.41, 5.74) is 0. The second-order valence-corrected chi connectivity index (χ2v) is 3.17. The van der Waals surface area contributed by atoms with Crippen LogP contribution in [0.15, 0.2) is 11.5 Å². The van der Waals surface area contributed by atoms with Crippen LogP contribution in [-0.4, -0.2) is 5.75 Å². The molecule has 0 unspecified atom stereocenters. The third kappa shape index (κ3) is 4.25. The summed E-state index contributed by atoms with van der Waals surface area (Å²) in [6, 6.07) is 0. The monoisotopic (exact) mass is 130 g/mol. The van der Waals surface area contributed by atoms with Crippen LogP contribution in [0.25, 0.3) is 0 Å². The second kappa shape index (κ2) is 5.23. The number of hydrogen-bond donors (Lipinski definition) is 0. The zero-order valence-electron chi connectivity index (χ0n) is 5.74. The number of rotatable bonds is 4. The Morgan fingerprint density at radius 1 is 1.50 bits per heavy atom. The molecule has 0 rings (SSSR count). The quantitative estimate of drug-likeness (QED) is 0.563. The summed E-state index contributed by atoms with van der Waals surface area (Å²) in [6.45, 7) is 8.24. The highest BCUT2D eigenvalue weighted by Gasteiger charge is 1.87. The van der Waals surface area contributed by atoms with E-state index in [0.29, 0.717) is 0 Å². The smallest absolute Gasteiger partial charge is 0.00519 e. The van der Waals surface area contributed by atoms with Gasteiger partial charge in [-0.1, -0.05) is 26.8 Å². The Balaban J connectivity index is 3.06. The molecule has 0 atom stereocenters. The van der Waals surface area contributed by atoms with E-state index in [-0.39, 0.29) is 0 Å². The summed E-state index contributed by atoms with van der Waals surface area (Å²) in [7, 11) is 0. The number of hydrogen-bond acceptors (Lipinski definition) is 1. The predicted molar refractivity (Wildman–Crippen MR) is 42.2 cm³/mol. The summed E-state index contributed by atoms with van der Waals surface area (Å²) >= 11 is 1.86. The average Bonchev–Trinajstić information content (AvgIpc) is 1.68. The van der Waals surface area contributed by atoms with Crippen LogP contribution < -0.4 is 0 Å². The van der Waals surface area contributed by atoms with Crippen molar-refractivity contribution in [1.29, 1.82) is 0 Å². The van der Waals surface area contributed by atoms with Crippen LogP contribution >= 0.6 is 11.8 Å². The van der Waals surface area contributed by atoms with Gasteiger partial charge in [-0.05, 0) is 17.1 Å². The van der Waals surface area contributed by atoms with Crippen molar-refractivity contribution in [2.24, 2.45) is 0 Å². The molecule has 0 N–H and O–H groups in total. The van der Waals surface area contributed by atoms with Gasteiger partial charge in [0, 0.05) is 0 Å². The molecular formula is C7H14S. The maximum atomic E-state index is 3.90. The average molecular weight is 130 g/mol. The van der Waals surface area contributed by atoms with Gasteiger partial charge in [0.15, 0.2) is 0 Å². The fourth-order valence-corrected chi connectivity index (χ4v) is 1.31. The highest BCUT2D eigenvalue weighted by molar-refractivity contribution is 8.03. The van der Waals surface area contributed by atoms with Gasteiger partial charge in [0.05, 0.1) is 0 Å². The van der Waals surface area contributed by atoms with Crippen molar-refractivity contribution in [3.8, 4) is 0 Å². The molecule has 0 aliphatic rings. The maximum absolute atomic E-state index is 3.90. The molecule has 0 fully saturated rings. The molecule has 48 valence electrons. The van der Waals surface area contributed by atoms with E-state index in [2.05, 4.69) is 20.4 Å². The lowest BCUT2D eigenvalue weighted by atomic mass is 10.3. The van der Waals surface area contributed by atoms with Crippen LogP contribution in [0.1, 0.15) is 26.7 Å². The molecule has 0 spiro atoms. The van der Waals surface area contributed by atoms with E-state index in [1.54, 1.807) is 0 Å². The molecule has 0 saturated heterocycles.